The van der Waals surface area contributed by atoms with Crippen molar-refractivity contribution in [2.24, 2.45) is 0 Å². The largest absolute Gasteiger partial charge is 0.422 e. The van der Waals surface area contributed by atoms with Crippen LogP contribution in [0.4, 0.5) is 17.7 Å². The monoisotopic (exact) mass is 321 g/mol. The highest BCUT2D eigenvalue weighted by Gasteiger charge is 2.18. The Kier molecular flexibility index (Phi) is 3.86. The molecule has 0 amide bonds. The average Bonchev–Trinajstić information content (AvgIpc) is 3.28. The van der Waals surface area contributed by atoms with Crippen molar-refractivity contribution in [2.45, 2.75) is 19.8 Å². The van der Waals surface area contributed by atoms with Crippen LogP contribution < -0.4 is 10.2 Å². The van der Waals surface area contributed by atoms with Gasteiger partial charge in [0.15, 0.2) is 5.76 Å². The van der Waals surface area contributed by atoms with E-state index in [0.717, 1.165) is 36.0 Å². The molecule has 6 nitrogen and oxygen atoms in total. The number of rotatable bonds is 4. The number of nitrogens with zero attached hydrogens (tertiary/aromatic N) is 4. The SMILES string of the molecule is Cc1ccc(Nc2cccc(-c3cnc(N4CCCC4)o3)n2)nc1. The molecule has 0 atom stereocenters. The molecule has 4 rings (SSSR count). The minimum atomic E-state index is 0.678. The number of hydrogen-bond donors (Lipinski definition) is 1. The summed E-state index contributed by atoms with van der Waals surface area (Å²) in [7, 11) is 0. The molecule has 0 bridgehead atoms. The summed E-state index contributed by atoms with van der Waals surface area (Å²) in [5, 5.41) is 3.21. The predicted molar refractivity (Wildman–Crippen MR) is 93.4 cm³/mol. The fourth-order valence-electron chi connectivity index (χ4n) is 2.75. The maximum atomic E-state index is 5.88. The summed E-state index contributed by atoms with van der Waals surface area (Å²) in [6.07, 6.45) is 5.95. The van der Waals surface area contributed by atoms with E-state index in [1.807, 2.05) is 43.5 Å². The standard InChI is InChI=1S/C18H19N5O/c1-13-7-8-16(19-11-13)22-17-6-4-5-14(21-17)15-12-20-18(24-15)23-9-2-3-10-23/h4-8,11-12H,2-3,9-10H2,1H3,(H,19,21,22). The first-order valence-electron chi connectivity index (χ1n) is 8.16. The summed E-state index contributed by atoms with van der Waals surface area (Å²) in [5.41, 5.74) is 1.88. The Morgan fingerprint density at radius 1 is 1.00 bits per heavy atom. The topological polar surface area (TPSA) is 67.1 Å². The van der Waals surface area contributed by atoms with Gasteiger partial charge >= 0.3 is 0 Å². The third-order valence-electron chi connectivity index (χ3n) is 4.04. The minimum Gasteiger partial charge on any atom is -0.422 e. The summed E-state index contributed by atoms with van der Waals surface area (Å²) in [6.45, 7) is 4.03. The number of pyridine rings is 2. The zero-order valence-corrected chi connectivity index (χ0v) is 13.6. The number of aryl methyl sites for hydroxylation is 1. The fourth-order valence-corrected chi connectivity index (χ4v) is 2.75. The van der Waals surface area contributed by atoms with Gasteiger partial charge in [0.25, 0.3) is 6.01 Å². The van der Waals surface area contributed by atoms with Gasteiger partial charge in [0.2, 0.25) is 0 Å². The molecule has 3 aromatic rings. The van der Waals surface area contributed by atoms with Crippen LogP contribution in [0.3, 0.4) is 0 Å². The second-order valence-electron chi connectivity index (χ2n) is 5.96. The Labute approximate surface area is 140 Å². The van der Waals surface area contributed by atoms with Gasteiger partial charge in [-0.15, -0.1) is 0 Å². The number of aromatic nitrogens is 3. The van der Waals surface area contributed by atoms with Crippen molar-refractivity contribution in [3.8, 4) is 11.5 Å². The van der Waals surface area contributed by atoms with Crippen molar-refractivity contribution < 1.29 is 4.42 Å². The fraction of sp³-hybridized carbons (Fsp3) is 0.278. The Morgan fingerprint density at radius 3 is 2.67 bits per heavy atom. The summed E-state index contributed by atoms with van der Waals surface area (Å²) in [4.78, 5) is 15.5. The normalized spacial score (nSPS) is 14.1. The van der Waals surface area contributed by atoms with Crippen LogP contribution in [0.1, 0.15) is 18.4 Å². The van der Waals surface area contributed by atoms with E-state index in [0.29, 0.717) is 11.8 Å². The van der Waals surface area contributed by atoms with Crippen molar-refractivity contribution in [3.05, 3.63) is 48.3 Å². The van der Waals surface area contributed by atoms with Crippen molar-refractivity contribution in [1.29, 1.82) is 0 Å². The summed E-state index contributed by atoms with van der Waals surface area (Å²) < 4.78 is 5.88. The van der Waals surface area contributed by atoms with Gasteiger partial charge in [-0.1, -0.05) is 12.1 Å². The van der Waals surface area contributed by atoms with E-state index in [9.17, 15) is 0 Å². The Bertz CT molecular complexity index is 821. The Balaban J connectivity index is 1.54. The van der Waals surface area contributed by atoms with E-state index in [2.05, 4.69) is 25.2 Å². The molecule has 1 N–H and O–H groups in total. The lowest BCUT2D eigenvalue weighted by Gasteiger charge is -2.10. The smallest absolute Gasteiger partial charge is 0.297 e. The van der Waals surface area contributed by atoms with Gasteiger partial charge in [-0.05, 0) is 43.5 Å². The van der Waals surface area contributed by atoms with Crippen molar-refractivity contribution in [3.63, 3.8) is 0 Å². The third kappa shape index (κ3) is 3.08. The molecular formula is C18H19N5O. The lowest BCUT2D eigenvalue weighted by molar-refractivity contribution is 0.558. The quantitative estimate of drug-likeness (QED) is 0.788. The lowest BCUT2D eigenvalue weighted by Crippen LogP contribution is -2.17. The van der Waals surface area contributed by atoms with Gasteiger partial charge in [-0.25, -0.2) is 15.0 Å². The van der Waals surface area contributed by atoms with Crippen LogP contribution in [0.25, 0.3) is 11.5 Å². The zero-order valence-electron chi connectivity index (χ0n) is 13.6. The first-order valence-corrected chi connectivity index (χ1v) is 8.16. The van der Waals surface area contributed by atoms with Crippen LogP contribution in [-0.2, 0) is 0 Å². The van der Waals surface area contributed by atoms with Gasteiger partial charge in [-0.3, -0.25) is 0 Å². The number of anilines is 3. The van der Waals surface area contributed by atoms with Crippen LogP contribution in [-0.4, -0.2) is 28.0 Å². The molecule has 3 aromatic heterocycles. The molecule has 0 aliphatic carbocycles. The van der Waals surface area contributed by atoms with Gasteiger partial charge in [-0.2, -0.15) is 0 Å². The van der Waals surface area contributed by atoms with Gasteiger partial charge in [0.05, 0.1) is 6.20 Å². The first-order chi connectivity index (χ1) is 11.8. The maximum Gasteiger partial charge on any atom is 0.297 e. The first kappa shape index (κ1) is 14.7. The van der Waals surface area contributed by atoms with Crippen LogP contribution >= 0.6 is 0 Å². The zero-order chi connectivity index (χ0) is 16.4. The molecule has 0 radical (unpaired) electrons. The van der Waals surface area contributed by atoms with E-state index in [4.69, 9.17) is 4.42 Å². The highest BCUT2D eigenvalue weighted by molar-refractivity contribution is 5.59. The molecule has 1 fully saturated rings. The van der Waals surface area contributed by atoms with E-state index >= 15 is 0 Å². The minimum absolute atomic E-state index is 0.678. The van der Waals surface area contributed by atoms with Crippen molar-refractivity contribution >= 4 is 17.7 Å². The van der Waals surface area contributed by atoms with Crippen LogP contribution in [0.5, 0.6) is 0 Å². The second kappa shape index (κ2) is 6.31. The molecule has 1 saturated heterocycles. The molecule has 6 heteroatoms. The number of hydrogen-bond acceptors (Lipinski definition) is 6. The highest BCUT2D eigenvalue weighted by atomic mass is 16.4. The van der Waals surface area contributed by atoms with Crippen LogP contribution in [0, 0.1) is 6.92 Å². The second-order valence-corrected chi connectivity index (χ2v) is 5.96. The molecule has 4 heterocycles. The molecular weight excluding hydrogens is 302 g/mol. The molecule has 0 aromatic carbocycles. The molecule has 122 valence electrons. The summed E-state index contributed by atoms with van der Waals surface area (Å²) >= 11 is 0. The van der Waals surface area contributed by atoms with Gasteiger partial charge in [0.1, 0.15) is 17.3 Å². The molecule has 0 saturated carbocycles. The summed E-state index contributed by atoms with van der Waals surface area (Å²) in [6, 6.07) is 10.4. The maximum absolute atomic E-state index is 5.88. The molecule has 0 spiro atoms. The van der Waals surface area contributed by atoms with Crippen LogP contribution in [0.2, 0.25) is 0 Å². The third-order valence-corrected chi connectivity index (χ3v) is 4.04. The van der Waals surface area contributed by atoms with E-state index in [1.54, 1.807) is 6.20 Å². The van der Waals surface area contributed by atoms with E-state index < -0.39 is 0 Å². The highest BCUT2D eigenvalue weighted by Crippen LogP contribution is 2.26. The number of nitrogens with one attached hydrogen (secondary N) is 1. The van der Waals surface area contributed by atoms with E-state index in [-0.39, 0.29) is 0 Å². The molecule has 0 unspecified atom stereocenters. The average molecular weight is 321 g/mol. The van der Waals surface area contributed by atoms with Gasteiger partial charge in [0, 0.05) is 19.3 Å². The summed E-state index contributed by atoms with van der Waals surface area (Å²) in [5.74, 6) is 2.17. The van der Waals surface area contributed by atoms with Gasteiger partial charge < -0.3 is 14.6 Å². The lowest BCUT2D eigenvalue weighted by atomic mass is 10.3. The molecule has 24 heavy (non-hydrogen) atoms. The predicted octanol–water partition coefficient (Wildman–Crippen LogP) is 3.78. The van der Waals surface area contributed by atoms with Crippen LogP contribution in [0.15, 0.2) is 47.1 Å². The van der Waals surface area contributed by atoms with Crippen molar-refractivity contribution in [1.82, 2.24) is 15.0 Å². The van der Waals surface area contributed by atoms with E-state index in [1.165, 1.54) is 12.8 Å². The number of oxazole rings is 1. The Morgan fingerprint density at radius 2 is 1.88 bits per heavy atom. The molecule has 1 aliphatic rings. The molecule has 1 aliphatic heterocycles. The Hall–Kier alpha value is -2.89. The van der Waals surface area contributed by atoms with Crippen molar-refractivity contribution in [2.75, 3.05) is 23.3 Å².